The normalized spacial score (nSPS) is 18.1. The van der Waals surface area contributed by atoms with Crippen molar-refractivity contribution in [3.8, 4) is 0 Å². The van der Waals surface area contributed by atoms with Gasteiger partial charge in [-0.25, -0.2) is 4.79 Å². The number of aliphatic hydroxyl groups is 1. The van der Waals surface area contributed by atoms with E-state index in [4.69, 9.17) is 5.11 Å². The van der Waals surface area contributed by atoms with Crippen LogP contribution in [0.15, 0.2) is 72.8 Å². The number of aliphatic hydroxyl groups excluding tert-OH is 1. The third kappa shape index (κ3) is 7.30. The number of hydrogen-bond acceptors (Lipinski definition) is 4. The van der Waals surface area contributed by atoms with Crippen molar-refractivity contribution in [2.24, 2.45) is 0 Å². The molecule has 3 atom stereocenters. The number of halogens is 2. The van der Waals surface area contributed by atoms with Gasteiger partial charge in [0.05, 0.1) is 11.3 Å². The van der Waals surface area contributed by atoms with Crippen molar-refractivity contribution in [2.45, 2.75) is 49.6 Å². The van der Waals surface area contributed by atoms with E-state index in [0.29, 0.717) is 31.8 Å². The van der Waals surface area contributed by atoms with Crippen LogP contribution in [0.3, 0.4) is 0 Å². The fourth-order valence-electron chi connectivity index (χ4n) is 3.99. The van der Waals surface area contributed by atoms with Gasteiger partial charge in [0.15, 0.2) is 0 Å². The second-order valence-corrected chi connectivity index (χ2v) is 10.2. The molecule has 0 saturated carbocycles. The summed E-state index contributed by atoms with van der Waals surface area (Å²) in [6.07, 6.45) is 1.90. The molecule has 1 fully saturated rings. The Bertz CT molecular complexity index is 1020. The number of rotatable bonds is 13. The summed E-state index contributed by atoms with van der Waals surface area (Å²) in [4.78, 5) is 27.5. The average Bonchev–Trinajstić information content (AvgIpc) is 3.17. The van der Waals surface area contributed by atoms with Crippen LogP contribution in [-0.4, -0.2) is 68.3 Å². The van der Waals surface area contributed by atoms with Crippen molar-refractivity contribution in [3.05, 3.63) is 83.9 Å². The Morgan fingerprint density at radius 3 is 2.42 bits per heavy atom. The molecule has 2 unspecified atom stereocenters. The van der Waals surface area contributed by atoms with Crippen LogP contribution in [0.4, 0.5) is 13.6 Å². The Morgan fingerprint density at radius 1 is 1.14 bits per heavy atom. The molecule has 1 heterocycles. The largest absolute Gasteiger partial charge is 0.480 e. The quantitative estimate of drug-likeness (QED) is 0.289. The van der Waals surface area contributed by atoms with Crippen LogP contribution < -0.4 is 0 Å². The lowest BCUT2D eigenvalue weighted by atomic mass is 10.0. The number of carbonyl (C=O) groups excluding carboxylic acids is 1. The van der Waals surface area contributed by atoms with Gasteiger partial charge in [-0.15, -0.1) is 11.8 Å². The highest BCUT2D eigenvalue weighted by atomic mass is 32.2. The van der Waals surface area contributed by atoms with Crippen LogP contribution in [0.5, 0.6) is 0 Å². The molecule has 0 radical (unpaired) electrons. The summed E-state index contributed by atoms with van der Waals surface area (Å²) >= 11 is 1.34. The van der Waals surface area contributed by atoms with Crippen molar-refractivity contribution < 1.29 is 28.6 Å². The predicted molar refractivity (Wildman–Crippen MR) is 137 cm³/mol. The minimum absolute atomic E-state index is 0.190. The monoisotopic (exact) mass is 518 g/mol. The molecular weight excluding hydrogens is 486 g/mol. The number of urea groups is 1. The van der Waals surface area contributed by atoms with E-state index in [9.17, 15) is 23.5 Å². The van der Waals surface area contributed by atoms with Crippen LogP contribution in [0.25, 0.3) is 0 Å². The lowest BCUT2D eigenvalue weighted by Crippen LogP contribution is -2.35. The van der Waals surface area contributed by atoms with Crippen molar-refractivity contribution in [1.29, 1.82) is 0 Å². The van der Waals surface area contributed by atoms with Crippen molar-refractivity contribution in [2.75, 3.05) is 18.8 Å². The lowest BCUT2D eigenvalue weighted by Gasteiger charge is -2.23. The van der Waals surface area contributed by atoms with E-state index in [-0.39, 0.29) is 11.6 Å². The first-order valence-electron chi connectivity index (χ1n) is 11.9. The maximum Gasteiger partial charge on any atom is 0.320 e. The summed E-state index contributed by atoms with van der Waals surface area (Å²) in [5.74, 6) is -3.68. The topological polar surface area (TPSA) is 81.1 Å². The highest BCUT2D eigenvalue weighted by Gasteiger charge is 2.40. The summed E-state index contributed by atoms with van der Waals surface area (Å²) in [5.41, 5.74) is 0.686. The third-order valence-electron chi connectivity index (χ3n) is 6.09. The highest BCUT2D eigenvalue weighted by molar-refractivity contribution is 8.00. The molecule has 1 aliphatic rings. The number of aliphatic carboxylic acids is 1. The Kier molecular flexibility index (Phi) is 9.89. The number of carbonyl (C=O) groups is 2. The molecule has 0 spiro atoms. The molecule has 2 aromatic carbocycles. The molecule has 0 bridgehead atoms. The van der Waals surface area contributed by atoms with Gasteiger partial charge in [-0.2, -0.15) is 8.78 Å². The smallest absolute Gasteiger partial charge is 0.320 e. The fourth-order valence-corrected chi connectivity index (χ4v) is 4.86. The molecule has 36 heavy (non-hydrogen) atoms. The zero-order chi connectivity index (χ0) is 26.1. The number of nitrogens with zero attached hydrogens (tertiary/aromatic N) is 2. The summed E-state index contributed by atoms with van der Waals surface area (Å²) in [7, 11) is 0. The number of unbranched alkanes of at least 4 members (excludes halogenated alkanes) is 1. The van der Waals surface area contributed by atoms with E-state index in [2.05, 4.69) is 0 Å². The van der Waals surface area contributed by atoms with Crippen LogP contribution in [0, 0.1) is 0 Å². The molecule has 194 valence electrons. The molecule has 0 aromatic heterocycles. The number of carboxylic acids is 1. The Morgan fingerprint density at radius 2 is 1.78 bits per heavy atom. The van der Waals surface area contributed by atoms with Crippen LogP contribution in [0.1, 0.15) is 30.9 Å². The van der Waals surface area contributed by atoms with E-state index < -0.39 is 29.3 Å². The summed E-state index contributed by atoms with van der Waals surface area (Å²) in [5, 5.41) is 18.8. The van der Waals surface area contributed by atoms with Gasteiger partial charge in [-0.1, -0.05) is 72.8 Å². The van der Waals surface area contributed by atoms with Gasteiger partial charge in [0.25, 0.3) is 0 Å². The van der Waals surface area contributed by atoms with Gasteiger partial charge >= 0.3 is 17.9 Å². The van der Waals surface area contributed by atoms with Crippen LogP contribution >= 0.6 is 11.8 Å². The highest BCUT2D eigenvalue weighted by Crippen LogP contribution is 2.32. The molecular formula is C27H32F2N2O4S. The van der Waals surface area contributed by atoms with Crippen molar-refractivity contribution in [1.82, 2.24) is 9.80 Å². The zero-order valence-electron chi connectivity index (χ0n) is 20.2. The zero-order valence-corrected chi connectivity index (χ0v) is 21.0. The minimum atomic E-state index is -3.47. The van der Waals surface area contributed by atoms with Crippen molar-refractivity contribution >= 4 is 23.8 Å². The van der Waals surface area contributed by atoms with E-state index in [0.717, 1.165) is 18.1 Å². The summed E-state index contributed by atoms with van der Waals surface area (Å²) in [6, 6.07) is 16.0. The predicted octanol–water partition coefficient (Wildman–Crippen LogP) is 4.99. The van der Waals surface area contributed by atoms with Crippen LogP contribution in [0.2, 0.25) is 0 Å². The molecule has 1 aliphatic heterocycles. The van der Waals surface area contributed by atoms with Gasteiger partial charge in [-0.3, -0.25) is 4.79 Å². The summed E-state index contributed by atoms with van der Waals surface area (Å²) < 4.78 is 29.5. The summed E-state index contributed by atoms with van der Waals surface area (Å²) in [6.45, 7) is 2.76. The van der Waals surface area contributed by atoms with Gasteiger partial charge in [0.2, 0.25) is 0 Å². The van der Waals surface area contributed by atoms with Gasteiger partial charge in [0, 0.05) is 25.2 Å². The molecule has 1 saturated heterocycles. The lowest BCUT2D eigenvalue weighted by molar-refractivity contribution is -0.136. The Hall–Kier alpha value is -2.91. The van der Waals surface area contributed by atoms with Crippen LogP contribution in [-0.2, 0) is 17.3 Å². The van der Waals surface area contributed by atoms with E-state index in [1.54, 1.807) is 22.8 Å². The standard InChI is InChI=1S/C27H32F2N2O4S/c1-20(25(33)34)36-17-9-8-16-31-23(19-30(26(31)35)18-21-10-4-2-5-11-21)14-15-24(32)27(28,29)22-12-6-3-7-13-22/h2-7,10-15,20,23-24,32H,8-9,16-19H2,1H3,(H,33,34)/t20?,23-,24?/m0/s1. The Balaban J connectivity index is 1.67. The van der Waals surface area contributed by atoms with Gasteiger partial charge in [-0.05, 0) is 31.1 Å². The number of carboxylic acid groups (broad SMARTS) is 1. The third-order valence-corrected chi connectivity index (χ3v) is 7.32. The fraction of sp³-hybridized carbons (Fsp3) is 0.407. The van der Waals surface area contributed by atoms with E-state index in [1.165, 1.54) is 42.1 Å². The van der Waals surface area contributed by atoms with Gasteiger partial charge < -0.3 is 20.0 Å². The SMILES string of the molecule is CC(SCCCCN1C(=O)N(Cc2ccccc2)C[C@@H]1C=CC(O)C(F)(F)c1ccccc1)C(=O)O. The van der Waals surface area contributed by atoms with Crippen molar-refractivity contribution in [3.63, 3.8) is 0 Å². The first kappa shape index (κ1) is 27.7. The van der Waals surface area contributed by atoms with Gasteiger partial charge in [0.1, 0.15) is 6.10 Å². The maximum absolute atomic E-state index is 14.7. The maximum atomic E-state index is 14.7. The minimum Gasteiger partial charge on any atom is -0.480 e. The molecule has 2 aromatic rings. The molecule has 3 rings (SSSR count). The number of alkyl halides is 2. The number of hydrogen-bond donors (Lipinski definition) is 2. The molecule has 9 heteroatoms. The van der Waals surface area contributed by atoms with E-state index >= 15 is 0 Å². The number of thioether (sulfide) groups is 1. The second kappa shape index (κ2) is 12.9. The average molecular weight is 519 g/mol. The first-order valence-corrected chi connectivity index (χ1v) is 13.0. The van der Waals surface area contributed by atoms with E-state index in [1.807, 2.05) is 30.3 Å². The molecule has 2 amide bonds. The molecule has 2 N–H and O–H groups in total. The molecule has 0 aliphatic carbocycles. The number of benzene rings is 2. The second-order valence-electron chi connectivity index (χ2n) is 8.79. The number of amides is 2. The molecule has 6 nitrogen and oxygen atoms in total. The Labute approximate surface area is 214 Å². The first-order chi connectivity index (χ1) is 17.2.